The van der Waals surface area contributed by atoms with Crippen LogP contribution < -0.4 is 5.56 Å². The van der Waals surface area contributed by atoms with Crippen LogP contribution in [0, 0.1) is 0 Å². The monoisotopic (exact) mass is 543 g/mol. The van der Waals surface area contributed by atoms with Gasteiger partial charge in [-0.1, -0.05) is 54.1 Å². The number of benzene rings is 3. The van der Waals surface area contributed by atoms with Gasteiger partial charge in [-0.25, -0.2) is 9.80 Å². The van der Waals surface area contributed by atoms with Gasteiger partial charge in [0.15, 0.2) is 0 Å². The number of nitrogens with one attached hydrogen (secondary N) is 1. The number of carbonyl (C=O) groups excluding carboxylic acids is 1. The van der Waals surface area contributed by atoms with Crippen LogP contribution >= 0.6 is 11.6 Å². The minimum atomic E-state index is -1.12. The topological polar surface area (TPSA) is 140 Å². The molecule has 1 aliphatic heterocycles. The van der Waals surface area contributed by atoms with Gasteiger partial charge in [0.2, 0.25) is 5.91 Å². The van der Waals surface area contributed by atoms with E-state index in [1.165, 1.54) is 17.1 Å². The Hall–Kier alpha value is -4.76. The lowest BCUT2D eigenvalue weighted by molar-refractivity contribution is -0.141. The number of pyridine rings is 1. The predicted octanol–water partition coefficient (Wildman–Crippen LogP) is 5.09. The minimum Gasteiger partial charge on any atom is -0.481 e. The molecule has 0 bridgehead atoms. The molecule has 0 saturated heterocycles. The van der Waals surface area contributed by atoms with Gasteiger partial charge in [0.1, 0.15) is 0 Å². The maximum absolute atomic E-state index is 13.5. The number of aromatic carboxylic acids is 1. The number of hydrogen-bond acceptors (Lipinski definition) is 5. The Morgan fingerprint density at radius 3 is 2.33 bits per heavy atom. The van der Waals surface area contributed by atoms with Crippen LogP contribution in [-0.4, -0.2) is 43.8 Å². The molecular formula is C29H22ClN3O6. The number of rotatable bonds is 7. The quantitative estimate of drug-likeness (QED) is 0.296. The van der Waals surface area contributed by atoms with Crippen LogP contribution in [0.4, 0.5) is 0 Å². The molecule has 1 atom stereocenters. The van der Waals surface area contributed by atoms with Gasteiger partial charge in [-0.2, -0.15) is 5.10 Å². The number of carboxylic acids is 2. The van der Waals surface area contributed by atoms with Crippen molar-refractivity contribution in [2.75, 3.05) is 0 Å². The third-order valence-electron chi connectivity index (χ3n) is 6.59. The molecule has 4 aromatic rings. The zero-order chi connectivity index (χ0) is 27.7. The molecule has 3 aromatic carbocycles. The summed E-state index contributed by atoms with van der Waals surface area (Å²) in [5, 5.41) is 25.3. The molecule has 2 heterocycles. The number of aromatic nitrogens is 1. The number of nitrogens with zero attached hydrogens (tertiary/aromatic N) is 2. The van der Waals surface area contributed by atoms with Crippen LogP contribution in [0.15, 0.2) is 82.7 Å². The number of fused-ring (bicyclic) bond motifs is 1. The molecule has 196 valence electrons. The maximum Gasteiger partial charge on any atom is 0.335 e. The molecular weight excluding hydrogens is 522 g/mol. The number of aromatic amines is 1. The van der Waals surface area contributed by atoms with Gasteiger partial charge in [0, 0.05) is 34.3 Å². The molecule has 0 saturated carbocycles. The van der Waals surface area contributed by atoms with E-state index in [-0.39, 0.29) is 30.4 Å². The highest BCUT2D eigenvalue weighted by atomic mass is 35.5. The van der Waals surface area contributed by atoms with E-state index < -0.39 is 29.4 Å². The third-order valence-corrected chi connectivity index (χ3v) is 6.82. The Morgan fingerprint density at radius 2 is 1.67 bits per heavy atom. The predicted molar refractivity (Wildman–Crippen MR) is 146 cm³/mol. The van der Waals surface area contributed by atoms with Gasteiger partial charge in [-0.3, -0.25) is 14.4 Å². The van der Waals surface area contributed by atoms with E-state index in [1.54, 1.807) is 30.3 Å². The van der Waals surface area contributed by atoms with Gasteiger partial charge < -0.3 is 15.2 Å². The first-order valence-electron chi connectivity index (χ1n) is 12.1. The highest BCUT2D eigenvalue weighted by Gasteiger charge is 2.35. The van der Waals surface area contributed by atoms with Crippen molar-refractivity contribution in [1.82, 2.24) is 9.99 Å². The van der Waals surface area contributed by atoms with E-state index in [1.807, 2.05) is 30.3 Å². The molecule has 1 aliphatic rings. The van der Waals surface area contributed by atoms with Crippen molar-refractivity contribution in [2.24, 2.45) is 5.10 Å². The number of hydrazone groups is 1. The zero-order valence-corrected chi connectivity index (χ0v) is 21.2. The smallest absolute Gasteiger partial charge is 0.335 e. The van der Waals surface area contributed by atoms with Crippen molar-refractivity contribution in [3.05, 3.63) is 105 Å². The molecule has 0 spiro atoms. The number of amides is 1. The third kappa shape index (κ3) is 5.17. The normalized spacial score (nSPS) is 14.8. The molecule has 0 fully saturated rings. The fourth-order valence-corrected chi connectivity index (χ4v) is 4.94. The number of aliphatic carboxylic acids is 1. The minimum absolute atomic E-state index is 0.0795. The fraction of sp³-hybridized carbons (Fsp3) is 0.138. The second kappa shape index (κ2) is 10.5. The summed E-state index contributed by atoms with van der Waals surface area (Å²) in [6, 6.07) is 19.8. The van der Waals surface area contributed by atoms with E-state index in [0.29, 0.717) is 32.8 Å². The first-order valence-corrected chi connectivity index (χ1v) is 12.5. The van der Waals surface area contributed by atoms with E-state index in [4.69, 9.17) is 16.7 Å². The standard InChI is InChI=1S/C29H22ClN3O6/c30-19-10-11-21-20(14-19)26(17-4-2-1-3-5-17)27(28(37)31-21)22-15-23(16-6-8-18(9-7-16)29(38)39)33(32-22)24(34)12-13-25(35)36/h1-11,14,23H,12-13,15H2,(H,31,37)(H,35,36)(H,38,39). The van der Waals surface area contributed by atoms with Crippen LogP contribution in [-0.2, 0) is 9.59 Å². The number of H-pyrrole nitrogens is 1. The van der Waals surface area contributed by atoms with Gasteiger partial charge >= 0.3 is 11.9 Å². The lowest BCUT2D eigenvalue weighted by Crippen LogP contribution is -2.27. The second-order valence-corrected chi connectivity index (χ2v) is 9.52. The number of halogens is 1. The summed E-state index contributed by atoms with van der Waals surface area (Å²) < 4.78 is 0. The van der Waals surface area contributed by atoms with Crippen LogP contribution in [0.5, 0.6) is 0 Å². The van der Waals surface area contributed by atoms with E-state index in [0.717, 1.165) is 5.56 Å². The Morgan fingerprint density at radius 1 is 0.949 bits per heavy atom. The van der Waals surface area contributed by atoms with Crippen LogP contribution in [0.1, 0.15) is 46.8 Å². The van der Waals surface area contributed by atoms with Crippen LogP contribution in [0.3, 0.4) is 0 Å². The van der Waals surface area contributed by atoms with Gasteiger partial charge in [-0.15, -0.1) is 0 Å². The van der Waals surface area contributed by atoms with Crippen molar-refractivity contribution in [2.45, 2.75) is 25.3 Å². The van der Waals surface area contributed by atoms with E-state index in [9.17, 15) is 24.3 Å². The fourth-order valence-electron chi connectivity index (χ4n) is 4.77. The molecule has 5 rings (SSSR count). The van der Waals surface area contributed by atoms with E-state index >= 15 is 0 Å². The molecule has 3 N–H and O–H groups in total. The van der Waals surface area contributed by atoms with Crippen molar-refractivity contribution >= 4 is 46.1 Å². The van der Waals surface area contributed by atoms with Gasteiger partial charge in [-0.05, 0) is 41.5 Å². The van der Waals surface area contributed by atoms with Crippen LogP contribution in [0.2, 0.25) is 5.02 Å². The number of carboxylic acid groups (broad SMARTS) is 2. The first-order chi connectivity index (χ1) is 18.7. The lowest BCUT2D eigenvalue weighted by atomic mass is 9.91. The first kappa shape index (κ1) is 25.9. The Bertz CT molecular complexity index is 1700. The van der Waals surface area contributed by atoms with Crippen molar-refractivity contribution < 1.29 is 24.6 Å². The van der Waals surface area contributed by atoms with Gasteiger partial charge in [0.25, 0.3) is 5.56 Å². The molecule has 0 radical (unpaired) electrons. The second-order valence-electron chi connectivity index (χ2n) is 9.09. The highest BCUT2D eigenvalue weighted by Crippen LogP contribution is 2.37. The SMILES string of the molecule is O=C(O)CCC(=O)N1N=C(c2c(-c3ccccc3)c3cc(Cl)ccc3[nH]c2=O)CC1c1ccc(C(=O)O)cc1. The summed E-state index contributed by atoms with van der Waals surface area (Å²) in [5.74, 6) is -2.74. The Labute approximate surface area is 227 Å². The zero-order valence-electron chi connectivity index (χ0n) is 20.4. The van der Waals surface area contributed by atoms with Crippen molar-refractivity contribution in [3.63, 3.8) is 0 Å². The molecule has 1 unspecified atom stereocenters. The summed E-state index contributed by atoms with van der Waals surface area (Å²) in [6.45, 7) is 0. The van der Waals surface area contributed by atoms with Crippen molar-refractivity contribution in [3.8, 4) is 11.1 Å². The Kier molecular flexibility index (Phi) is 7.00. The molecule has 9 nitrogen and oxygen atoms in total. The number of carbonyl (C=O) groups is 3. The summed E-state index contributed by atoms with van der Waals surface area (Å²) in [5.41, 5.74) is 2.84. The summed E-state index contributed by atoms with van der Waals surface area (Å²) >= 11 is 6.33. The average molecular weight is 544 g/mol. The van der Waals surface area contributed by atoms with E-state index in [2.05, 4.69) is 10.1 Å². The largest absolute Gasteiger partial charge is 0.481 e. The highest BCUT2D eigenvalue weighted by molar-refractivity contribution is 6.31. The summed E-state index contributed by atoms with van der Waals surface area (Å²) in [4.78, 5) is 52.0. The van der Waals surface area contributed by atoms with Crippen molar-refractivity contribution in [1.29, 1.82) is 0 Å². The Balaban J connectivity index is 1.68. The van der Waals surface area contributed by atoms with Gasteiger partial charge in [0.05, 0.1) is 29.3 Å². The number of hydrogen-bond donors (Lipinski definition) is 3. The molecule has 1 amide bonds. The van der Waals surface area contributed by atoms with Crippen LogP contribution in [0.25, 0.3) is 22.0 Å². The molecule has 0 aliphatic carbocycles. The maximum atomic E-state index is 13.5. The summed E-state index contributed by atoms with van der Waals surface area (Å²) in [6.07, 6.45) is -0.513. The average Bonchev–Trinajstić information content (AvgIpc) is 3.37. The molecule has 10 heteroatoms. The molecule has 39 heavy (non-hydrogen) atoms. The molecule has 1 aromatic heterocycles. The lowest BCUT2D eigenvalue weighted by Gasteiger charge is -2.22. The summed E-state index contributed by atoms with van der Waals surface area (Å²) in [7, 11) is 0.